The molecule has 3 aromatic rings. The third kappa shape index (κ3) is 5.71. The number of aromatic nitrogens is 2. The second-order valence-corrected chi connectivity index (χ2v) is 9.41. The van der Waals surface area contributed by atoms with E-state index in [0.717, 1.165) is 73.4 Å². The first-order chi connectivity index (χ1) is 16.1. The summed E-state index contributed by atoms with van der Waals surface area (Å²) in [5.41, 5.74) is 3.50. The van der Waals surface area contributed by atoms with Crippen molar-refractivity contribution in [2.75, 3.05) is 38.2 Å². The first-order valence-electron chi connectivity index (χ1n) is 11.6. The third-order valence-corrected chi connectivity index (χ3v) is 6.99. The van der Waals surface area contributed by atoms with Crippen molar-refractivity contribution < 1.29 is 9.53 Å². The maximum absolute atomic E-state index is 12.9. The molecule has 0 radical (unpaired) electrons. The molecule has 4 rings (SSSR count). The normalized spacial score (nSPS) is 14.3. The van der Waals surface area contributed by atoms with Gasteiger partial charge in [-0.05, 0) is 48.9 Å². The molecular formula is C26H32N4O2S. The van der Waals surface area contributed by atoms with Crippen LogP contribution in [0.3, 0.4) is 0 Å². The molecule has 0 unspecified atom stereocenters. The zero-order chi connectivity index (χ0) is 23.2. The van der Waals surface area contributed by atoms with E-state index in [-0.39, 0.29) is 5.91 Å². The molecule has 1 aromatic carbocycles. The van der Waals surface area contributed by atoms with E-state index >= 15 is 0 Å². The van der Waals surface area contributed by atoms with Crippen LogP contribution >= 0.6 is 11.3 Å². The van der Waals surface area contributed by atoms with Crippen molar-refractivity contribution in [3.05, 3.63) is 69.3 Å². The van der Waals surface area contributed by atoms with E-state index in [2.05, 4.69) is 24.0 Å². The van der Waals surface area contributed by atoms with Crippen LogP contribution < -0.4 is 9.64 Å². The quantitative estimate of drug-likeness (QED) is 0.522. The Labute approximate surface area is 200 Å². The van der Waals surface area contributed by atoms with Crippen LogP contribution in [-0.4, -0.2) is 54.1 Å². The van der Waals surface area contributed by atoms with Crippen molar-refractivity contribution in [3.8, 4) is 5.75 Å². The highest BCUT2D eigenvalue weighted by atomic mass is 32.1. The maximum Gasteiger partial charge on any atom is 0.227 e. The van der Waals surface area contributed by atoms with E-state index in [1.807, 2.05) is 41.5 Å². The zero-order valence-electron chi connectivity index (χ0n) is 19.7. The van der Waals surface area contributed by atoms with Crippen molar-refractivity contribution >= 4 is 23.1 Å². The standard InChI is InChI=1S/C26H32N4O2S/c1-4-24-23(17-20-8-10-21(32-3)11-9-20)26(28-19(2)27-24)30-13-6-12-29(14-15-30)25(31)18-22-7-5-16-33-22/h5,7-11,16H,4,6,12-15,17-18H2,1-3H3. The summed E-state index contributed by atoms with van der Waals surface area (Å²) in [6.07, 6.45) is 3.07. The highest BCUT2D eigenvalue weighted by molar-refractivity contribution is 7.10. The molecule has 6 nitrogen and oxygen atoms in total. The van der Waals surface area contributed by atoms with Crippen molar-refractivity contribution in [2.24, 2.45) is 0 Å². The number of ether oxygens (including phenoxy) is 1. The molecule has 0 atom stereocenters. The van der Waals surface area contributed by atoms with Crippen molar-refractivity contribution in [1.82, 2.24) is 14.9 Å². The predicted molar refractivity (Wildman–Crippen MR) is 133 cm³/mol. The van der Waals surface area contributed by atoms with Crippen molar-refractivity contribution in [3.63, 3.8) is 0 Å². The van der Waals surface area contributed by atoms with Gasteiger partial charge in [-0.2, -0.15) is 0 Å². The Morgan fingerprint density at radius 1 is 1.09 bits per heavy atom. The van der Waals surface area contributed by atoms with Crippen molar-refractivity contribution in [1.29, 1.82) is 0 Å². The van der Waals surface area contributed by atoms with E-state index in [1.54, 1.807) is 18.4 Å². The summed E-state index contributed by atoms with van der Waals surface area (Å²) in [7, 11) is 1.68. The first-order valence-corrected chi connectivity index (χ1v) is 12.5. The number of thiophene rings is 1. The van der Waals surface area contributed by atoms with Gasteiger partial charge in [-0.15, -0.1) is 11.3 Å². The van der Waals surface area contributed by atoms with Crippen LogP contribution in [-0.2, 0) is 24.1 Å². The molecule has 174 valence electrons. The number of methoxy groups -OCH3 is 1. The van der Waals surface area contributed by atoms with Gasteiger partial charge in [0.2, 0.25) is 5.91 Å². The average Bonchev–Trinajstić information content (AvgIpc) is 3.21. The van der Waals surface area contributed by atoms with Gasteiger partial charge < -0.3 is 14.5 Å². The van der Waals surface area contributed by atoms with Gasteiger partial charge in [0.1, 0.15) is 17.4 Å². The van der Waals surface area contributed by atoms with Crippen LogP contribution in [0.25, 0.3) is 0 Å². The van der Waals surface area contributed by atoms with E-state index in [1.165, 1.54) is 11.1 Å². The predicted octanol–water partition coefficient (Wildman–Crippen LogP) is 4.29. The summed E-state index contributed by atoms with van der Waals surface area (Å²) < 4.78 is 5.31. The van der Waals surface area contributed by atoms with Crippen LogP contribution in [0.4, 0.5) is 5.82 Å². The molecule has 3 heterocycles. The van der Waals surface area contributed by atoms with Gasteiger partial charge in [-0.25, -0.2) is 9.97 Å². The smallest absolute Gasteiger partial charge is 0.227 e. The Kier molecular flexibility index (Phi) is 7.60. The van der Waals surface area contributed by atoms with E-state index < -0.39 is 0 Å². The van der Waals surface area contributed by atoms with Gasteiger partial charge >= 0.3 is 0 Å². The number of benzene rings is 1. The Morgan fingerprint density at radius 3 is 2.61 bits per heavy atom. The molecule has 0 spiro atoms. The third-order valence-electron chi connectivity index (χ3n) is 6.11. The Bertz CT molecular complexity index is 1070. The molecular weight excluding hydrogens is 432 g/mol. The van der Waals surface area contributed by atoms with Gasteiger partial charge in [-0.3, -0.25) is 4.79 Å². The molecule has 1 fully saturated rings. The number of rotatable bonds is 7. The van der Waals surface area contributed by atoms with E-state index in [0.29, 0.717) is 6.42 Å². The number of amides is 1. The summed E-state index contributed by atoms with van der Waals surface area (Å²) in [6, 6.07) is 12.3. The number of carbonyl (C=O) groups excluding carboxylic acids is 1. The lowest BCUT2D eigenvalue weighted by molar-refractivity contribution is -0.130. The Hall–Kier alpha value is -2.93. The van der Waals surface area contributed by atoms with Gasteiger partial charge in [0.15, 0.2) is 0 Å². The van der Waals surface area contributed by atoms with Gasteiger partial charge in [0.05, 0.1) is 13.5 Å². The monoisotopic (exact) mass is 464 g/mol. The van der Waals surface area contributed by atoms with Crippen molar-refractivity contribution in [2.45, 2.75) is 39.5 Å². The molecule has 0 aliphatic carbocycles. The Balaban J connectivity index is 1.54. The summed E-state index contributed by atoms with van der Waals surface area (Å²) in [5.74, 6) is 2.89. The zero-order valence-corrected chi connectivity index (χ0v) is 20.5. The minimum Gasteiger partial charge on any atom is -0.497 e. The van der Waals surface area contributed by atoms with Crippen LogP contribution in [0.15, 0.2) is 41.8 Å². The van der Waals surface area contributed by atoms with Crippen LogP contribution in [0.2, 0.25) is 0 Å². The molecule has 1 amide bonds. The van der Waals surface area contributed by atoms with E-state index in [4.69, 9.17) is 14.7 Å². The molecule has 0 N–H and O–H groups in total. The second-order valence-electron chi connectivity index (χ2n) is 8.38. The molecule has 1 saturated heterocycles. The number of hydrogen-bond acceptors (Lipinski definition) is 6. The summed E-state index contributed by atoms with van der Waals surface area (Å²) in [4.78, 5) is 28.0. The van der Waals surface area contributed by atoms with Gasteiger partial charge in [-0.1, -0.05) is 25.1 Å². The number of anilines is 1. The van der Waals surface area contributed by atoms with Crippen LogP contribution in [0.1, 0.15) is 40.9 Å². The lowest BCUT2D eigenvalue weighted by atomic mass is 10.0. The maximum atomic E-state index is 12.9. The highest BCUT2D eigenvalue weighted by Gasteiger charge is 2.23. The molecule has 7 heteroatoms. The number of nitrogens with zero attached hydrogens (tertiary/aromatic N) is 4. The number of hydrogen-bond donors (Lipinski definition) is 0. The summed E-state index contributed by atoms with van der Waals surface area (Å²) >= 11 is 1.65. The molecule has 1 aliphatic rings. The first kappa shape index (κ1) is 23.2. The SMILES string of the molecule is CCc1nc(C)nc(N2CCCN(C(=O)Cc3cccs3)CC2)c1Cc1ccc(OC)cc1. The minimum atomic E-state index is 0.214. The van der Waals surface area contributed by atoms with E-state index in [9.17, 15) is 4.79 Å². The fourth-order valence-electron chi connectivity index (χ4n) is 4.37. The topological polar surface area (TPSA) is 58.6 Å². The van der Waals surface area contributed by atoms with Gasteiger partial charge in [0.25, 0.3) is 0 Å². The molecule has 2 aromatic heterocycles. The highest BCUT2D eigenvalue weighted by Crippen LogP contribution is 2.27. The second kappa shape index (κ2) is 10.8. The molecule has 0 bridgehead atoms. The van der Waals surface area contributed by atoms with Gasteiger partial charge in [0, 0.05) is 48.7 Å². The molecule has 0 saturated carbocycles. The fourth-order valence-corrected chi connectivity index (χ4v) is 5.07. The molecule has 1 aliphatic heterocycles. The molecule has 33 heavy (non-hydrogen) atoms. The lowest BCUT2D eigenvalue weighted by Gasteiger charge is -2.26. The van der Waals surface area contributed by atoms with Crippen LogP contribution in [0.5, 0.6) is 5.75 Å². The fraction of sp³-hybridized carbons (Fsp3) is 0.423. The Morgan fingerprint density at radius 2 is 1.91 bits per heavy atom. The minimum absolute atomic E-state index is 0.214. The lowest BCUT2D eigenvalue weighted by Crippen LogP contribution is -2.36. The van der Waals surface area contributed by atoms with Crippen LogP contribution in [0, 0.1) is 6.92 Å². The number of carbonyl (C=O) groups is 1. The summed E-state index contributed by atoms with van der Waals surface area (Å²) in [6.45, 7) is 7.30. The number of aryl methyl sites for hydroxylation is 2. The average molecular weight is 465 g/mol. The summed E-state index contributed by atoms with van der Waals surface area (Å²) in [5, 5.41) is 2.03. The largest absolute Gasteiger partial charge is 0.497 e.